The third-order valence-corrected chi connectivity index (χ3v) is 2.12. The molecule has 0 saturated heterocycles. The van der Waals surface area contributed by atoms with E-state index in [-0.39, 0.29) is 30.0 Å². The van der Waals surface area contributed by atoms with Crippen LogP contribution in [0.25, 0.3) is 0 Å². The van der Waals surface area contributed by atoms with Gasteiger partial charge in [-0.15, -0.1) is 0 Å². The van der Waals surface area contributed by atoms with Gasteiger partial charge in [-0.3, -0.25) is 14.6 Å². The van der Waals surface area contributed by atoms with Crippen LogP contribution >= 0.6 is 0 Å². The molecule has 1 amide bonds. The number of aliphatic hydroxyl groups is 1. The number of rotatable bonds is 6. The average molecular weight is 255 g/mol. The Kier molecular flexibility index (Phi) is 5.12. The second-order valence-electron chi connectivity index (χ2n) is 3.71. The van der Waals surface area contributed by atoms with Gasteiger partial charge in [-0.1, -0.05) is 0 Å². The van der Waals surface area contributed by atoms with Crippen molar-refractivity contribution in [1.29, 1.82) is 0 Å². The van der Waals surface area contributed by atoms with E-state index in [9.17, 15) is 9.59 Å². The number of nitrogens with two attached hydrogens (primary N) is 1. The summed E-state index contributed by atoms with van der Waals surface area (Å²) in [6.45, 7) is 1.92. The lowest BCUT2D eigenvalue weighted by Gasteiger charge is -2.10. The maximum absolute atomic E-state index is 11.6. The van der Waals surface area contributed by atoms with Crippen molar-refractivity contribution in [3.05, 3.63) is 10.4 Å². The molecular formula is C10H17N5O3. The van der Waals surface area contributed by atoms with E-state index in [1.54, 1.807) is 0 Å². The Bertz CT molecular complexity index is 471. The van der Waals surface area contributed by atoms with Crippen LogP contribution in [0.4, 0.5) is 17.5 Å². The first-order valence-corrected chi connectivity index (χ1v) is 5.56. The summed E-state index contributed by atoms with van der Waals surface area (Å²) in [6, 6.07) is 0. The van der Waals surface area contributed by atoms with Crippen molar-refractivity contribution >= 4 is 23.4 Å². The van der Waals surface area contributed by atoms with E-state index in [4.69, 9.17) is 10.8 Å². The van der Waals surface area contributed by atoms with Gasteiger partial charge in [0.25, 0.3) is 5.56 Å². The van der Waals surface area contributed by atoms with Gasteiger partial charge in [0.1, 0.15) is 5.69 Å². The monoisotopic (exact) mass is 255 g/mol. The van der Waals surface area contributed by atoms with Crippen molar-refractivity contribution in [3.8, 4) is 0 Å². The van der Waals surface area contributed by atoms with Gasteiger partial charge in [0.2, 0.25) is 11.9 Å². The van der Waals surface area contributed by atoms with Crippen molar-refractivity contribution in [2.45, 2.75) is 19.8 Å². The number of anilines is 3. The van der Waals surface area contributed by atoms with Gasteiger partial charge < -0.3 is 21.5 Å². The van der Waals surface area contributed by atoms with E-state index < -0.39 is 5.56 Å². The fraction of sp³-hybridized carbons (Fsp3) is 0.500. The van der Waals surface area contributed by atoms with Crippen LogP contribution in [0, 0.1) is 0 Å². The molecule has 1 aromatic rings. The smallest absolute Gasteiger partial charge is 0.278 e. The van der Waals surface area contributed by atoms with Gasteiger partial charge in [-0.25, -0.2) is 0 Å². The summed E-state index contributed by atoms with van der Waals surface area (Å²) in [7, 11) is 0. The van der Waals surface area contributed by atoms with Crippen LogP contribution in [0.15, 0.2) is 4.79 Å². The number of hydrogen-bond acceptors (Lipinski definition) is 6. The molecule has 0 aliphatic carbocycles. The molecule has 0 saturated carbocycles. The number of aromatic nitrogens is 2. The number of aliphatic hydroxyl groups excluding tert-OH is 1. The fourth-order valence-electron chi connectivity index (χ4n) is 1.35. The molecule has 0 radical (unpaired) electrons. The number of nitrogens with one attached hydrogen (secondary N) is 3. The van der Waals surface area contributed by atoms with Crippen molar-refractivity contribution in [1.82, 2.24) is 9.97 Å². The zero-order valence-corrected chi connectivity index (χ0v) is 10.1. The van der Waals surface area contributed by atoms with E-state index >= 15 is 0 Å². The lowest BCUT2D eigenvalue weighted by atomic mass is 10.3. The molecule has 0 spiro atoms. The molecule has 0 fully saturated rings. The van der Waals surface area contributed by atoms with Crippen molar-refractivity contribution in [3.63, 3.8) is 0 Å². The maximum Gasteiger partial charge on any atom is 0.278 e. The average Bonchev–Trinajstić information content (AvgIpc) is 2.28. The lowest BCUT2D eigenvalue weighted by molar-refractivity contribution is -0.114. The van der Waals surface area contributed by atoms with Crippen LogP contribution in [0.2, 0.25) is 0 Å². The van der Waals surface area contributed by atoms with Crippen molar-refractivity contribution < 1.29 is 9.90 Å². The highest BCUT2D eigenvalue weighted by molar-refractivity contribution is 5.91. The summed E-state index contributed by atoms with van der Waals surface area (Å²) in [5.41, 5.74) is 4.96. The van der Waals surface area contributed by atoms with Gasteiger partial charge >= 0.3 is 0 Å². The number of H-pyrrole nitrogens is 1. The Morgan fingerprint density at radius 1 is 1.50 bits per heavy atom. The highest BCUT2D eigenvalue weighted by Gasteiger charge is 2.11. The third kappa shape index (κ3) is 4.06. The Hall–Kier alpha value is -2.09. The number of carbonyl (C=O) groups is 1. The molecule has 1 rings (SSSR count). The normalized spacial score (nSPS) is 10.1. The molecular weight excluding hydrogens is 238 g/mol. The molecule has 0 bridgehead atoms. The molecule has 0 aliphatic rings. The molecule has 6 N–H and O–H groups in total. The molecule has 0 atom stereocenters. The largest absolute Gasteiger partial charge is 0.396 e. The standard InChI is InChI=1S/C10H17N5O3/c1-6(17)13-7-8(12-4-2-3-5-16)14-10(11)15-9(7)18/h16H,2-5H2,1H3,(H,13,17)(H4,11,12,14,15,18). The fourth-order valence-corrected chi connectivity index (χ4v) is 1.35. The van der Waals surface area contributed by atoms with E-state index in [0.717, 1.165) is 0 Å². The summed E-state index contributed by atoms with van der Waals surface area (Å²) in [4.78, 5) is 28.8. The SMILES string of the molecule is CC(=O)Nc1c(NCCCCO)nc(N)[nH]c1=O. The zero-order chi connectivity index (χ0) is 13.5. The predicted octanol–water partition coefficient (Wildman–Crippen LogP) is -0.505. The van der Waals surface area contributed by atoms with Crippen LogP contribution in [0.3, 0.4) is 0 Å². The van der Waals surface area contributed by atoms with Crippen LogP contribution in [-0.2, 0) is 4.79 Å². The lowest BCUT2D eigenvalue weighted by Crippen LogP contribution is -2.22. The first-order valence-electron chi connectivity index (χ1n) is 5.56. The number of aromatic amines is 1. The van der Waals surface area contributed by atoms with Gasteiger partial charge in [-0.05, 0) is 12.8 Å². The number of nitrogens with zero attached hydrogens (tertiary/aromatic N) is 1. The van der Waals surface area contributed by atoms with Crippen LogP contribution < -0.4 is 21.9 Å². The van der Waals surface area contributed by atoms with Gasteiger partial charge in [0, 0.05) is 20.1 Å². The van der Waals surface area contributed by atoms with Gasteiger partial charge in [-0.2, -0.15) is 4.98 Å². The topological polar surface area (TPSA) is 133 Å². The van der Waals surface area contributed by atoms with Gasteiger partial charge in [0.15, 0.2) is 5.82 Å². The highest BCUT2D eigenvalue weighted by Crippen LogP contribution is 2.14. The maximum atomic E-state index is 11.6. The Morgan fingerprint density at radius 2 is 2.22 bits per heavy atom. The molecule has 8 nitrogen and oxygen atoms in total. The number of unbranched alkanes of at least 4 members (excludes halogenated alkanes) is 1. The van der Waals surface area contributed by atoms with Gasteiger partial charge in [0.05, 0.1) is 0 Å². The quantitative estimate of drug-likeness (QED) is 0.435. The highest BCUT2D eigenvalue weighted by atomic mass is 16.3. The third-order valence-electron chi connectivity index (χ3n) is 2.12. The first-order chi connectivity index (χ1) is 8.54. The zero-order valence-electron chi connectivity index (χ0n) is 10.1. The first kappa shape index (κ1) is 14.0. The molecule has 18 heavy (non-hydrogen) atoms. The number of nitrogen functional groups attached to an aromatic ring is 1. The summed E-state index contributed by atoms with van der Waals surface area (Å²) in [6.07, 6.45) is 1.35. The second kappa shape index (κ2) is 6.60. The molecule has 0 unspecified atom stereocenters. The minimum Gasteiger partial charge on any atom is -0.396 e. The van der Waals surface area contributed by atoms with E-state index in [2.05, 4.69) is 20.6 Å². The van der Waals surface area contributed by atoms with Crippen molar-refractivity contribution in [2.24, 2.45) is 0 Å². The van der Waals surface area contributed by atoms with E-state index in [1.165, 1.54) is 6.92 Å². The van der Waals surface area contributed by atoms with Crippen LogP contribution in [0.5, 0.6) is 0 Å². The minimum absolute atomic E-state index is 0.0289. The van der Waals surface area contributed by atoms with Crippen molar-refractivity contribution in [2.75, 3.05) is 29.5 Å². The minimum atomic E-state index is -0.512. The molecule has 1 heterocycles. The summed E-state index contributed by atoms with van der Waals surface area (Å²) < 4.78 is 0. The Balaban J connectivity index is 2.86. The van der Waals surface area contributed by atoms with E-state index in [1.807, 2.05) is 0 Å². The molecule has 8 heteroatoms. The summed E-state index contributed by atoms with van der Waals surface area (Å²) in [5, 5.41) is 13.9. The molecule has 100 valence electrons. The summed E-state index contributed by atoms with van der Waals surface area (Å²) >= 11 is 0. The molecule has 0 aliphatic heterocycles. The number of carbonyl (C=O) groups excluding carboxylic acids is 1. The van der Waals surface area contributed by atoms with Crippen LogP contribution in [0.1, 0.15) is 19.8 Å². The molecule has 0 aromatic carbocycles. The Morgan fingerprint density at radius 3 is 2.83 bits per heavy atom. The number of hydrogen-bond donors (Lipinski definition) is 5. The predicted molar refractivity (Wildman–Crippen MR) is 68.4 cm³/mol. The Labute approximate surface area is 104 Å². The molecule has 1 aromatic heterocycles. The summed E-state index contributed by atoms with van der Waals surface area (Å²) in [5.74, 6) is -0.173. The van der Waals surface area contributed by atoms with Crippen LogP contribution in [-0.4, -0.2) is 34.1 Å². The number of amides is 1. The van der Waals surface area contributed by atoms with E-state index in [0.29, 0.717) is 19.4 Å². The second-order valence-corrected chi connectivity index (χ2v) is 3.71.